The molecule has 0 radical (unpaired) electrons. The smallest absolute Gasteiger partial charge is 0.338 e. The van der Waals surface area contributed by atoms with E-state index in [9.17, 15) is 9.59 Å². The van der Waals surface area contributed by atoms with Crippen LogP contribution in [0.5, 0.6) is 17.2 Å². The van der Waals surface area contributed by atoms with E-state index in [4.69, 9.17) is 23.9 Å². The van der Waals surface area contributed by atoms with E-state index in [1.165, 1.54) is 11.3 Å². The van der Waals surface area contributed by atoms with Crippen molar-refractivity contribution in [3.8, 4) is 28.5 Å². The molecule has 2 aromatic heterocycles. The van der Waals surface area contributed by atoms with Crippen molar-refractivity contribution in [2.75, 3.05) is 27.9 Å². The highest BCUT2D eigenvalue weighted by Crippen LogP contribution is 2.37. The summed E-state index contributed by atoms with van der Waals surface area (Å²) in [6.07, 6.45) is 1.89. The number of carbonyl (C=O) groups excluding carboxylic acids is 1. The van der Waals surface area contributed by atoms with Gasteiger partial charge in [-0.15, -0.1) is 0 Å². The predicted octanol–water partition coefficient (Wildman–Crippen LogP) is 4.97. The summed E-state index contributed by atoms with van der Waals surface area (Å²) in [5, 5.41) is 0.911. The lowest BCUT2D eigenvalue weighted by molar-refractivity contribution is -0.139. The van der Waals surface area contributed by atoms with Gasteiger partial charge in [0.15, 0.2) is 16.3 Å². The summed E-state index contributed by atoms with van der Waals surface area (Å²) in [4.78, 5) is 36.4. The van der Waals surface area contributed by atoms with E-state index in [-0.39, 0.29) is 12.2 Å². The number of nitrogens with one attached hydrogen (secondary N) is 1. The summed E-state index contributed by atoms with van der Waals surface area (Å²) in [5.74, 6) is 1.18. The van der Waals surface area contributed by atoms with Crippen LogP contribution in [0.1, 0.15) is 31.0 Å². The largest absolute Gasteiger partial charge is 0.495 e. The first-order valence-corrected chi connectivity index (χ1v) is 14.9. The van der Waals surface area contributed by atoms with Gasteiger partial charge in [0.25, 0.3) is 5.56 Å². The molecule has 6 rings (SSSR count). The van der Waals surface area contributed by atoms with Crippen molar-refractivity contribution in [3.63, 3.8) is 0 Å². The first-order valence-electron chi connectivity index (χ1n) is 14.1. The van der Waals surface area contributed by atoms with Crippen molar-refractivity contribution in [1.29, 1.82) is 0 Å². The Kier molecular flexibility index (Phi) is 7.84. The summed E-state index contributed by atoms with van der Waals surface area (Å²) in [5.41, 5.74) is 4.66. The Morgan fingerprint density at radius 3 is 2.43 bits per heavy atom. The maximum atomic E-state index is 14.4. The van der Waals surface area contributed by atoms with Gasteiger partial charge >= 0.3 is 5.97 Å². The summed E-state index contributed by atoms with van der Waals surface area (Å²) >= 11 is 1.27. The van der Waals surface area contributed by atoms with E-state index in [2.05, 4.69) is 4.98 Å². The molecule has 1 N–H and O–H groups in total. The predicted molar refractivity (Wildman–Crippen MR) is 170 cm³/mol. The molecule has 0 saturated heterocycles. The van der Waals surface area contributed by atoms with Crippen LogP contribution in [-0.4, -0.2) is 43.5 Å². The molecule has 5 aromatic rings. The molecular formula is C34H31N3O6S. The average molecular weight is 610 g/mol. The summed E-state index contributed by atoms with van der Waals surface area (Å²) < 4.78 is 24.1. The zero-order valence-corrected chi connectivity index (χ0v) is 25.8. The maximum Gasteiger partial charge on any atom is 0.338 e. The molecule has 0 bridgehead atoms. The number of H-pyrrole nitrogens is 1. The van der Waals surface area contributed by atoms with Gasteiger partial charge in [0, 0.05) is 10.9 Å². The first-order chi connectivity index (χ1) is 21.4. The fraction of sp³-hybridized carbons (Fsp3) is 0.206. The van der Waals surface area contributed by atoms with Crippen molar-refractivity contribution in [1.82, 2.24) is 9.55 Å². The number of para-hydroxylation sites is 1. The highest BCUT2D eigenvalue weighted by atomic mass is 32.1. The topological polar surface area (TPSA) is 104 Å². The number of aromatic nitrogens is 2. The van der Waals surface area contributed by atoms with Gasteiger partial charge in [0.2, 0.25) is 0 Å². The summed E-state index contributed by atoms with van der Waals surface area (Å²) in [6.45, 7) is 3.69. The molecule has 0 saturated carbocycles. The van der Waals surface area contributed by atoms with Crippen molar-refractivity contribution in [2.24, 2.45) is 4.99 Å². The highest BCUT2D eigenvalue weighted by Gasteiger charge is 2.34. The lowest BCUT2D eigenvalue weighted by Gasteiger charge is -2.25. The van der Waals surface area contributed by atoms with Crippen LogP contribution in [0.4, 0.5) is 0 Å². The molecule has 3 heterocycles. The number of esters is 1. The van der Waals surface area contributed by atoms with Gasteiger partial charge in [-0.3, -0.25) is 9.36 Å². The zero-order chi connectivity index (χ0) is 31.0. The Balaban J connectivity index is 1.62. The lowest BCUT2D eigenvalue weighted by atomic mass is 9.95. The minimum absolute atomic E-state index is 0.185. The van der Waals surface area contributed by atoms with Crippen LogP contribution in [0, 0.1) is 0 Å². The number of hydrogen-bond acceptors (Lipinski definition) is 8. The Hall–Kier alpha value is -5.09. The fourth-order valence-corrected chi connectivity index (χ4v) is 6.65. The first kappa shape index (κ1) is 29.0. The highest BCUT2D eigenvalue weighted by molar-refractivity contribution is 7.07. The van der Waals surface area contributed by atoms with E-state index >= 15 is 0 Å². The second kappa shape index (κ2) is 11.9. The number of methoxy groups -OCH3 is 3. The van der Waals surface area contributed by atoms with Gasteiger partial charge in [-0.2, -0.15) is 0 Å². The number of carbonyl (C=O) groups is 1. The Bertz CT molecular complexity index is 2110. The molecule has 3 aromatic carbocycles. The molecule has 224 valence electrons. The van der Waals surface area contributed by atoms with Crippen LogP contribution < -0.4 is 29.1 Å². The Morgan fingerprint density at radius 2 is 1.73 bits per heavy atom. The van der Waals surface area contributed by atoms with E-state index < -0.39 is 12.0 Å². The number of benzene rings is 3. The number of thiazole rings is 1. The molecule has 1 aliphatic rings. The molecule has 0 amide bonds. The van der Waals surface area contributed by atoms with Gasteiger partial charge in [-0.25, -0.2) is 9.79 Å². The number of ether oxygens (including phenoxy) is 4. The van der Waals surface area contributed by atoms with Crippen molar-refractivity contribution in [2.45, 2.75) is 19.9 Å². The van der Waals surface area contributed by atoms with Crippen LogP contribution >= 0.6 is 11.3 Å². The minimum Gasteiger partial charge on any atom is -0.495 e. The molecule has 1 atom stereocenters. The normalized spacial score (nSPS) is 14.8. The minimum atomic E-state index is -0.788. The number of hydrogen-bond donors (Lipinski definition) is 1. The van der Waals surface area contributed by atoms with Gasteiger partial charge < -0.3 is 23.9 Å². The average Bonchev–Trinajstić information content (AvgIpc) is 3.57. The molecule has 9 nitrogen and oxygen atoms in total. The SMILES string of the molecule is CCOC(=O)C1=C(C)N=c2s/c(=C/c3c(-c4ccccc4)[nH]c4c(OC)cccc34)c(=O)n2C1c1ccc(OC)c(OC)c1. The number of fused-ring (bicyclic) bond motifs is 2. The van der Waals surface area contributed by atoms with Gasteiger partial charge in [-0.1, -0.05) is 59.9 Å². The molecule has 0 fully saturated rings. The quantitative estimate of drug-likeness (QED) is 0.249. The second-order valence-electron chi connectivity index (χ2n) is 10.1. The molecule has 44 heavy (non-hydrogen) atoms. The molecule has 1 unspecified atom stereocenters. The van der Waals surface area contributed by atoms with Gasteiger partial charge in [0.05, 0.1) is 61.0 Å². The number of allylic oxidation sites excluding steroid dienone is 1. The standard InChI is InChI=1S/C34H31N3O6S/c1-6-43-33(39)28-19(2)35-34-37(31(28)21-15-16-24(40-3)26(17-21)42-5)32(38)27(44-34)18-23-22-13-10-14-25(41-4)30(22)36-29(23)20-11-8-7-9-12-20/h7-18,31,36H,6H2,1-5H3/b27-18+. The Morgan fingerprint density at radius 1 is 0.977 bits per heavy atom. The van der Waals surface area contributed by atoms with Crippen molar-refractivity contribution >= 4 is 34.3 Å². The molecule has 0 spiro atoms. The van der Waals surface area contributed by atoms with Crippen LogP contribution in [0.3, 0.4) is 0 Å². The number of aromatic amines is 1. The second-order valence-corrected chi connectivity index (χ2v) is 11.1. The van der Waals surface area contributed by atoms with Gasteiger partial charge in [-0.05, 0) is 49.2 Å². The molecular weight excluding hydrogens is 578 g/mol. The van der Waals surface area contributed by atoms with E-state index in [1.807, 2.05) is 60.7 Å². The monoisotopic (exact) mass is 609 g/mol. The van der Waals surface area contributed by atoms with Crippen LogP contribution in [-0.2, 0) is 9.53 Å². The zero-order valence-electron chi connectivity index (χ0n) is 25.0. The van der Waals surface area contributed by atoms with E-state index in [0.29, 0.717) is 43.4 Å². The molecule has 0 aliphatic carbocycles. The van der Waals surface area contributed by atoms with Gasteiger partial charge in [0.1, 0.15) is 5.75 Å². The third-order valence-electron chi connectivity index (χ3n) is 7.63. The van der Waals surface area contributed by atoms with Crippen LogP contribution in [0.2, 0.25) is 0 Å². The summed E-state index contributed by atoms with van der Waals surface area (Å²) in [6, 6.07) is 20.3. The van der Waals surface area contributed by atoms with E-state index in [0.717, 1.165) is 27.7 Å². The fourth-order valence-electron chi connectivity index (χ4n) is 5.62. The number of nitrogens with zero attached hydrogens (tertiary/aromatic N) is 2. The number of rotatable bonds is 8. The van der Waals surface area contributed by atoms with Crippen LogP contribution in [0.25, 0.3) is 28.2 Å². The summed E-state index contributed by atoms with van der Waals surface area (Å²) in [7, 11) is 4.73. The van der Waals surface area contributed by atoms with E-state index in [1.54, 1.807) is 51.9 Å². The lowest BCUT2D eigenvalue weighted by Crippen LogP contribution is -2.40. The van der Waals surface area contributed by atoms with Crippen molar-refractivity contribution < 1.29 is 23.7 Å². The van der Waals surface area contributed by atoms with Crippen molar-refractivity contribution in [3.05, 3.63) is 109 Å². The third kappa shape index (κ3) is 4.87. The van der Waals surface area contributed by atoms with Crippen LogP contribution in [0.15, 0.2) is 87.8 Å². The molecule has 10 heteroatoms. The Labute approximate surface area is 257 Å². The maximum absolute atomic E-state index is 14.4. The molecule has 1 aliphatic heterocycles. The third-order valence-corrected chi connectivity index (χ3v) is 8.62.